The zero-order chi connectivity index (χ0) is 19.3. The van der Waals surface area contributed by atoms with Crippen LogP contribution in [0.1, 0.15) is 39.7 Å². The first kappa shape index (κ1) is 17.7. The summed E-state index contributed by atoms with van der Waals surface area (Å²) in [5, 5.41) is 13.9. The molecule has 1 aromatic carbocycles. The van der Waals surface area contributed by atoms with Crippen LogP contribution in [0.4, 0.5) is 10.1 Å². The van der Waals surface area contributed by atoms with Crippen molar-refractivity contribution in [2.75, 3.05) is 5.32 Å². The number of carbonyl (C=O) groups is 1. The van der Waals surface area contributed by atoms with Crippen LogP contribution in [0.2, 0.25) is 0 Å². The highest BCUT2D eigenvalue weighted by Gasteiger charge is 2.27. The van der Waals surface area contributed by atoms with Gasteiger partial charge in [-0.3, -0.25) is 9.59 Å². The van der Waals surface area contributed by atoms with E-state index in [1.807, 2.05) is 0 Å². The molecular weight excluding hydrogens is 367 g/mol. The van der Waals surface area contributed by atoms with Crippen molar-refractivity contribution in [3.05, 3.63) is 55.9 Å². The van der Waals surface area contributed by atoms with E-state index in [0.29, 0.717) is 27.4 Å². The van der Waals surface area contributed by atoms with Crippen molar-refractivity contribution in [1.29, 1.82) is 0 Å². The Morgan fingerprint density at radius 2 is 2.19 bits per heavy atom. The van der Waals surface area contributed by atoms with Gasteiger partial charge in [-0.15, -0.1) is 11.3 Å². The van der Waals surface area contributed by atoms with Gasteiger partial charge in [0.25, 0.3) is 11.5 Å². The van der Waals surface area contributed by atoms with Crippen LogP contribution in [0.15, 0.2) is 23.0 Å². The van der Waals surface area contributed by atoms with Gasteiger partial charge in [-0.05, 0) is 61.4 Å². The van der Waals surface area contributed by atoms with Crippen LogP contribution in [0.5, 0.6) is 5.75 Å². The molecule has 0 aliphatic heterocycles. The number of aryl methyl sites for hydroxylation is 2. The highest BCUT2D eigenvalue weighted by Crippen LogP contribution is 2.41. The number of halogens is 1. The summed E-state index contributed by atoms with van der Waals surface area (Å²) in [5.74, 6) is -0.844. The van der Waals surface area contributed by atoms with Gasteiger partial charge in [-0.1, -0.05) is 6.92 Å². The summed E-state index contributed by atoms with van der Waals surface area (Å²) in [6.45, 7) is 3.84. The second-order valence-corrected chi connectivity index (χ2v) is 8.25. The summed E-state index contributed by atoms with van der Waals surface area (Å²) in [6.07, 6.45) is 2.73. The van der Waals surface area contributed by atoms with Gasteiger partial charge in [0.1, 0.15) is 22.0 Å². The van der Waals surface area contributed by atoms with E-state index in [2.05, 4.69) is 17.2 Å². The monoisotopic (exact) mass is 386 g/mol. The number of aromatic nitrogens is 1. The number of amides is 1. The summed E-state index contributed by atoms with van der Waals surface area (Å²) >= 11 is 1.47. The molecule has 0 bridgehead atoms. The number of aromatic amines is 1. The molecule has 0 fully saturated rings. The predicted molar refractivity (Wildman–Crippen MR) is 104 cm³/mol. The zero-order valence-corrected chi connectivity index (χ0v) is 15.8. The van der Waals surface area contributed by atoms with Crippen LogP contribution in [0.25, 0.3) is 10.2 Å². The Hall–Kier alpha value is -2.67. The molecule has 2 aromatic heterocycles. The normalized spacial score (nSPS) is 16.3. The molecule has 27 heavy (non-hydrogen) atoms. The fourth-order valence-electron chi connectivity index (χ4n) is 3.65. The second-order valence-electron chi connectivity index (χ2n) is 7.15. The molecule has 2 heterocycles. The number of hydrogen-bond donors (Lipinski definition) is 3. The Bertz CT molecular complexity index is 1130. The molecule has 0 saturated carbocycles. The Balaban J connectivity index is 1.79. The minimum Gasteiger partial charge on any atom is -0.506 e. The molecule has 140 valence electrons. The van der Waals surface area contributed by atoms with Gasteiger partial charge in [0.15, 0.2) is 0 Å². The Morgan fingerprint density at radius 1 is 1.41 bits per heavy atom. The first-order chi connectivity index (χ1) is 12.8. The van der Waals surface area contributed by atoms with Gasteiger partial charge in [0.05, 0.1) is 5.39 Å². The van der Waals surface area contributed by atoms with Gasteiger partial charge >= 0.3 is 0 Å². The number of hydrogen-bond acceptors (Lipinski definition) is 4. The van der Waals surface area contributed by atoms with E-state index < -0.39 is 17.3 Å². The third kappa shape index (κ3) is 3.02. The zero-order valence-electron chi connectivity index (χ0n) is 15.0. The van der Waals surface area contributed by atoms with Crippen molar-refractivity contribution in [3.63, 3.8) is 0 Å². The maximum Gasteiger partial charge on any atom is 0.265 e. The number of benzene rings is 1. The SMILES string of the molecule is Cc1cc(F)ccc1NC(=O)c1c(O)c2c3c(sc2[nH]c1=O)C[C@@H](C)CC3. The van der Waals surface area contributed by atoms with Crippen LogP contribution in [0, 0.1) is 18.7 Å². The number of anilines is 1. The Kier molecular flexibility index (Phi) is 4.26. The number of H-pyrrole nitrogens is 1. The molecule has 1 aliphatic carbocycles. The molecule has 0 spiro atoms. The molecular formula is C20H19FN2O3S. The first-order valence-electron chi connectivity index (χ1n) is 8.82. The first-order valence-corrected chi connectivity index (χ1v) is 9.63. The molecule has 5 nitrogen and oxygen atoms in total. The van der Waals surface area contributed by atoms with Crippen LogP contribution < -0.4 is 10.9 Å². The lowest BCUT2D eigenvalue weighted by Crippen LogP contribution is -2.23. The number of thiophene rings is 1. The molecule has 1 atom stereocenters. The van der Waals surface area contributed by atoms with Crippen LogP contribution >= 0.6 is 11.3 Å². The fraction of sp³-hybridized carbons (Fsp3) is 0.300. The van der Waals surface area contributed by atoms with E-state index in [0.717, 1.165) is 29.7 Å². The van der Waals surface area contributed by atoms with E-state index in [4.69, 9.17) is 0 Å². The molecule has 0 radical (unpaired) electrons. The Labute approximate surface area is 158 Å². The number of rotatable bonds is 2. The van der Waals surface area contributed by atoms with Crippen molar-refractivity contribution in [1.82, 2.24) is 4.98 Å². The number of fused-ring (bicyclic) bond motifs is 3. The van der Waals surface area contributed by atoms with Crippen LogP contribution in [0.3, 0.4) is 0 Å². The molecule has 7 heteroatoms. The summed E-state index contributed by atoms with van der Waals surface area (Å²) in [5.41, 5.74) is 0.993. The lowest BCUT2D eigenvalue weighted by molar-refractivity contribution is 0.102. The van der Waals surface area contributed by atoms with Crippen LogP contribution in [-0.2, 0) is 12.8 Å². The molecule has 0 saturated heterocycles. The maximum absolute atomic E-state index is 13.3. The summed E-state index contributed by atoms with van der Waals surface area (Å²) < 4.78 is 13.3. The maximum atomic E-state index is 13.3. The predicted octanol–water partition coefficient (Wildman–Crippen LogP) is 4.12. The molecule has 1 amide bonds. The minimum atomic E-state index is -0.713. The van der Waals surface area contributed by atoms with E-state index in [9.17, 15) is 19.1 Å². The highest BCUT2D eigenvalue weighted by molar-refractivity contribution is 7.18. The van der Waals surface area contributed by atoms with Crippen LogP contribution in [-0.4, -0.2) is 16.0 Å². The van der Waals surface area contributed by atoms with E-state index in [-0.39, 0.29) is 11.3 Å². The van der Waals surface area contributed by atoms with E-state index in [1.54, 1.807) is 6.92 Å². The Morgan fingerprint density at radius 3 is 2.93 bits per heavy atom. The third-order valence-corrected chi connectivity index (χ3v) is 6.27. The topological polar surface area (TPSA) is 82.2 Å². The molecule has 3 N–H and O–H groups in total. The molecule has 0 unspecified atom stereocenters. The van der Waals surface area contributed by atoms with Gasteiger partial charge in [0, 0.05) is 10.6 Å². The highest BCUT2D eigenvalue weighted by atomic mass is 32.1. The summed E-state index contributed by atoms with van der Waals surface area (Å²) in [6, 6.07) is 3.95. The lowest BCUT2D eigenvalue weighted by atomic mass is 9.89. The van der Waals surface area contributed by atoms with Crippen molar-refractivity contribution in [2.45, 2.75) is 33.1 Å². The summed E-state index contributed by atoms with van der Waals surface area (Å²) in [7, 11) is 0. The average Bonchev–Trinajstić information content (AvgIpc) is 2.94. The van der Waals surface area contributed by atoms with Crippen molar-refractivity contribution in [2.24, 2.45) is 5.92 Å². The molecule has 4 rings (SSSR count). The summed E-state index contributed by atoms with van der Waals surface area (Å²) in [4.78, 5) is 29.7. The third-order valence-electron chi connectivity index (χ3n) is 5.10. The molecule has 3 aromatic rings. The van der Waals surface area contributed by atoms with Crippen molar-refractivity contribution >= 4 is 33.1 Å². The van der Waals surface area contributed by atoms with Gasteiger partial charge < -0.3 is 15.4 Å². The second kappa shape index (κ2) is 6.49. The lowest BCUT2D eigenvalue weighted by Gasteiger charge is -2.18. The van der Waals surface area contributed by atoms with Crippen molar-refractivity contribution < 1.29 is 14.3 Å². The van der Waals surface area contributed by atoms with Gasteiger partial charge in [-0.2, -0.15) is 0 Å². The average molecular weight is 386 g/mol. The molecule has 1 aliphatic rings. The van der Waals surface area contributed by atoms with Gasteiger partial charge in [-0.25, -0.2) is 4.39 Å². The quantitative estimate of drug-likeness (QED) is 0.620. The largest absolute Gasteiger partial charge is 0.506 e. The fourth-order valence-corrected chi connectivity index (χ4v) is 5.06. The van der Waals surface area contributed by atoms with E-state index >= 15 is 0 Å². The standard InChI is InChI=1S/C20H19FN2O3S/c1-9-3-5-12-14(7-9)27-20-15(12)17(24)16(19(26)23-20)18(25)22-13-6-4-11(21)8-10(13)2/h4,6,8-9H,3,5,7H2,1-2H3,(H,22,25)(H2,23,24,26)/t9-/m0/s1. The number of carbonyl (C=O) groups excluding carboxylic acids is 1. The number of nitrogens with one attached hydrogen (secondary N) is 2. The number of pyridine rings is 1. The van der Waals surface area contributed by atoms with Crippen molar-refractivity contribution in [3.8, 4) is 5.75 Å². The van der Waals surface area contributed by atoms with E-state index in [1.165, 1.54) is 29.5 Å². The van der Waals surface area contributed by atoms with Gasteiger partial charge in [0.2, 0.25) is 0 Å². The smallest absolute Gasteiger partial charge is 0.265 e. The minimum absolute atomic E-state index is 0.280. The number of aromatic hydroxyl groups is 1.